The van der Waals surface area contributed by atoms with E-state index >= 15 is 0 Å². The van der Waals surface area contributed by atoms with E-state index in [9.17, 15) is 18.3 Å². The van der Waals surface area contributed by atoms with Gasteiger partial charge in [0.25, 0.3) is 0 Å². The van der Waals surface area contributed by atoms with Crippen LogP contribution >= 0.6 is 11.3 Å². The number of alkyl halides is 3. The quantitative estimate of drug-likeness (QED) is 0.879. The van der Waals surface area contributed by atoms with E-state index in [4.69, 9.17) is 0 Å². The van der Waals surface area contributed by atoms with Crippen LogP contribution in [0.3, 0.4) is 0 Å². The molecule has 1 N–H and O–H groups in total. The van der Waals surface area contributed by atoms with Gasteiger partial charge in [-0.25, -0.2) is 4.98 Å². The maximum absolute atomic E-state index is 11.9. The SMILES string of the molecule is Cc1nc(CCC(F)(F)F)sc1C(C)O. The molecule has 0 spiro atoms. The number of aliphatic hydroxyl groups excluding tert-OH is 1. The summed E-state index contributed by atoms with van der Waals surface area (Å²) >= 11 is 1.15. The molecule has 0 saturated heterocycles. The van der Waals surface area contributed by atoms with Gasteiger partial charge in [0.2, 0.25) is 0 Å². The van der Waals surface area contributed by atoms with Gasteiger partial charge in [-0.2, -0.15) is 13.2 Å². The normalized spacial score (nSPS) is 14.3. The lowest BCUT2D eigenvalue weighted by Gasteiger charge is -2.02. The molecule has 1 heterocycles. The Hall–Kier alpha value is -0.620. The zero-order valence-corrected chi connectivity index (χ0v) is 9.24. The van der Waals surface area contributed by atoms with Gasteiger partial charge in [0, 0.05) is 12.8 Å². The van der Waals surface area contributed by atoms with Crippen molar-refractivity contribution in [3.05, 3.63) is 15.6 Å². The highest BCUT2D eigenvalue weighted by Crippen LogP contribution is 2.28. The van der Waals surface area contributed by atoms with E-state index in [1.54, 1.807) is 13.8 Å². The highest BCUT2D eigenvalue weighted by molar-refractivity contribution is 7.11. The molecule has 6 heteroatoms. The Bertz CT molecular complexity index is 333. The molecule has 1 unspecified atom stereocenters. The third kappa shape index (κ3) is 3.79. The number of nitrogens with zero attached hydrogens (tertiary/aromatic N) is 1. The van der Waals surface area contributed by atoms with Crippen molar-refractivity contribution in [2.45, 2.75) is 39.0 Å². The summed E-state index contributed by atoms with van der Waals surface area (Å²) < 4.78 is 35.8. The van der Waals surface area contributed by atoms with Crippen LogP contribution in [0.25, 0.3) is 0 Å². The lowest BCUT2D eigenvalue weighted by Crippen LogP contribution is -2.08. The predicted octanol–water partition coefficient (Wildman–Crippen LogP) is 3.00. The zero-order chi connectivity index (χ0) is 11.6. The van der Waals surface area contributed by atoms with Gasteiger partial charge in [-0.1, -0.05) is 0 Å². The number of aliphatic hydroxyl groups is 1. The van der Waals surface area contributed by atoms with Crippen LogP contribution in [0.1, 0.15) is 35.0 Å². The Labute approximate surface area is 89.8 Å². The molecule has 0 fully saturated rings. The fourth-order valence-electron chi connectivity index (χ4n) is 1.21. The van der Waals surface area contributed by atoms with Crippen LogP contribution in [0.4, 0.5) is 13.2 Å². The van der Waals surface area contributed by atoms with Crippen molar-refractivity contribution in [1.82, 2.24) is 4.98 Å². The topological polar surface area (TPSA) is 33.1 Å². The molecule has 0 radical (unpaired) electrons. The van der Waals surface area contributed by atoms with E-state index in [2.05, 4.69) is 4.98 Å². The van der Waals surface area contributed by atoms with Gasteiger partial charge in [0.15, 0.2) is 0 Å². The average molecular weight is 239 g/mol. The van der Waals surface area contributed by atoms with Crippen molar-refractivity contribution in [3.8, 4) is 0 Å². The van der Waals surface area contributed by atoms with Crippen molar-refractivity contribution >= 4 is 11.3 Å². The minimum Gasteiger partial charge on any atom is -0.388 e. The Morgan fingerprint density at radius 3 is 2.47 bits per heavy atom. The van der Waals surface area contributed by atoms with Crippen LogP contribution in [-0.4, -0.2) is 16.3 Å². The number of thiazole rings is 1. The second-order valence-corrected chi connectivity index (χ2v) is 4.46. The van der Waals surface area contributed by atoms with E-state index in [0.29, 0.717) is 15.6 Å². The average Bonchev–Trinajstić information content (AvgIpc) is 2.42. The molecule has 0 saturated carbocycles. The minimum absolute atomic E-state index is 0.109. The molecule has 1 atom stereocenters. The third-order valence-corrected chi connectivity index (χ3v) is 3.27. The van der Waals surface area contributed by atoms with Gasteiger partial charge in [0.05, 0.1) is 21.7 Å². The largest absolute Gasteiger partial charge is 0.389 e. The van der Waals surface area contributed by atoms with Gasteiger partial charge in [-0.3, -0.25) is 0 Å². The van der Waals surface area contributed by atoms with Crippen LogP contribution in [0.5, 0.6) is 0 Å². The summed E-state index contributed by atoms with van der Waals surface area (Å²) in [6.45, 7) is 3.27. The van der Waals surface area contributed by atoms with Crippen LogP contribution in [0.2, 0.25) is 0 Å². The van der Waals surface area contributed by atoms with Crippen molar-refractivity contribution in [2.24, 2.45) is 0 Å². The molecule has 0 bridgehead atoms. The van der Waals surface area contributed by atoms with E-state index in [1.807, 2.05) is 0 Å². The van der Waals surface area contributed by atoms with E-state index in [1.165, 1.54) is 0 Å². The molecule has 0 aliphatic heterocycles. The molecular formula is C9H12F3NOS. The van der Waals surface area contributed by atoms with Crippen LogP contribution < -0.4 is 0 Å². The fourth-order valence-corrected chi connectivity index (χ4v) is 2.21. The number of aromatic nitrogens is 1. The highest BCUT2D eigenvalue weighted by Gasteiger charge is 2.27. The van der Waals surface area contributed by atoms with Crippen molar-refractivity contribution in [1.29, 1.82) is 0 Å². The summed E-state index contributed by atoms with van der Waals surface area (Å²) in [4.78, 5) is 4.64. The fraction of sp³-hybridized carbons (Fsp3) is 0.667. The maximum atomic E-state index is 11.9. The Balaban J connectivity index is 2.68. The number of halogens is 3. The van der Waals surface area contributed by atoms with Gasteiger partial charge in [-0.05, 0) is 13.8 Å². The first kappa shape index (κ1) is 12.4. The Morgan fingerprint density at radius 2 is 2.07 bits per heavy atom. The van der Waals surface area contributed by atoms with E-state index < -0.39 is 18.7 Å². The lowest BCUT2D eigenvalue weighted by atomic mass is 10.3. The van der Waals surface area contributed by atoms with Crippen molar-refractivity contribution in [3.63, 3.8) is 0 Å². The van der Waals surface area contributed by atoms with Gasteiger partial charge in [0.1, 0.15) is 0 Å². The molecular weight excluding hydrogens is 227 g/mol. The summed E-state index contributed by atoms with van der Waals surface area (Å²) in [5.74, 6) is 0. The van der Waals surface area contributed by atoms with Gasteiger partial charge >= 0.3 is 6.18 Å². The number of hydrogen-bond acceptors (Lipinski definition) is 3. The van der Waals surface area contributed by atoms with Gasteiger partial charge in [-0.15, -0.1) is 11.3 Å². The standard InChI is InChI=1S/C9H12F3NOS/c1-5-8(6(2)14)15-7(13-5)3-4-9(10,11)12/h6,14H,3-4H2,1-2H3. The zero-order valence-electron chi connectivity index (χ0n) is 8.43. The lowest BCUT2D eigenvalue weighted by molar-refractivity contribution is -0.134. The summed E-state index contributed by atoms with van der Waals surface area (Å²) in [7, 11) is 0. The monoisotopic (exact) mass is 239 g/mol. The molecule has 0 aromatic carbocycles. The summed E-state index contributed by atoms with van der Waals surface area (Å²) in [5.41, 5.74) is 0.618. The molecule has 1 aromatic rings. The van der Waals surface area contributed by atoms with Crippen LogP contribution in [0.15, 0.2) is 0 Å². The molecule has 2 nitrogen and oxygen atoms in total. The third-order valence-electron chi connectivity index (χ3n) is 1.88. The second kappa shape index (κ2) is 4.49. The highest BCUT2D eigenvalue weighted by atomic mass is 32.1. The first-order valence-electron chi connectivity index (χ1n) is 4.50. The minimum atomic E-state index is -4.15. The molecule has 15 heavy (non-hydrogen) atoms. The summed E-state index contributed by atoms with van der Waals surface area (Å²) in [6, 6.07) is 0. The van der Waals surface area contributed by atoms with Gasteiger partial charge < -0.3 is 5.11 Å². The van der Waals surface area contributed by atoms with E-state index in [0.717, 1.165) is 11.3 Å². The molecule has 0 amide bonds. The Morgan fingerprint density at radius 1 is 1.47 bits per heavy atom. The summed E-state index contributed by atoms with van der Waals surface area (Å²) in [5, 5.41) is 9.73. The molecule has 1 rings (SSSR count). The molecule has 1 aromatic heterocycles. The molecule has 0 aliphatic carbocycles. The molecule has 0 aliphatic rings. The van der Waals surface area contributed by atoms with Crippen molar-refractivity contribution < 1.29 is 18.3 Å². The maximum Gasteiger partial charge on any atom is 0.389 e. The second-order valence-electron chi connectivity index (χ2n) is 3.35. The van der Waals surface area contributed by atoms with Crippen LogP contribution in [-0.2, 0) is 6.42 Å². The summed E-state index contributed by atoms with van der Waals surface area (Å²) in [6.07, 6.45) is -5.78. The Kier molecular flexibility index (Phi) is 3.72. The van der Waals surface area contributed by atoms with Crippen LogP contribution in [0, 0.1) is 6.92 Å². The number of aryl methyl sites for hydroxylation is 2. The smallest absolute Gasteiger partial charge is 0.388 e. The van der Waals surface area contributed by atoms with E-state index in [-0.39, 0.29) is 6.42 Å². The number of hydrogen-bond donors (Lipinski definition) is 1. The molecule has 86 valence electrons. The first-order valence-corrected chi connectivity index (χ1v) is 5.32. The van der Waals surface area contributed by atoms with Crippen molar-refractivity contribution in [2.75, 3.05) is 0 Å². The number of rotatable bonds is 3. The predicted molar refractivity (Wildman–Crippen MR) is 51.9 cm³/mol. The first-order chi connectivity index (χ1) is 6.79.